The molecule has 1 unspecified atom stereocenters. The fourth-order valence-electron chi connectivity index (χ4n) is 2.10. The second kappa shape index (κ2) is 2.94. The maximum absolute atomic E-state index is 9.60. The Morgan fingerprint density at radius 3 is 3.08 bits per heavy atom. The first-order valence-corrected chi connectivity index (χ1v) is 4.47. The summed E-state index contributed by atoms with van der Waals surface area (Å²) in [5.74, 6) is 0.993. The molecule has 0 heterocycles. The van der Waals surface area contributed by atoms with Gasteiger partial charge in [0, 0.05) is 0 Å². The summed E-state index contributed by atoms with van der Waals surface area (Å²) in [6, 6.07) is 0. The van der Waals surface area contributed by atoms with E-state index in [1.807, 2.05) is 0 Å². The standard InChI is InChI=1S/C10H14O2/c1-12-10-4-2-3-7-8(10)5-6-9(7)11/h4,9,11H,2-3,5-6H2,1H3. The van der Waals surface area contributed by atoms with Crippen LogP contribution in [0.15, 0.2) is 23.0 Å². The monoisotopic (exact) mass is 166 g/mol. The zero-order valence-electron chi connectivity index (χ0n) is 7.34. The van der Waals surface area contributed by atoms with Crippen LogP contribution in [0.5, 0.6) is 0 Å². The lowest BCUT2D eigenvalue weighted by Gasteiger charge is -2.16. The molecule has 0 aliphatic heterocycles. The van der Waals surface area contributed by atoms with E-state index in [0.29, 0.717) is 0 Å². The molecule has 2 aliphatic carbocycles. The molecular formula is C10H14O2. The van der Waals surface area contributed by atoms with E-state index in [2.05, 4.69) is 6.08 Å². The average Bonchev–Trinajstić information content (AvgIpc) is 2.48. The van der Waals surface area contributed by atoms with Crippen molar-refractivity contribution in [2.75, 3.05) is 7.11 Å². The van der Waals surface area contributed by atoms with Gasteiger partial charge in [-0.2, -0.15) is 0 Å². The predicted molar refractivity (Wildman–Crippen MR) is 46.6 cm³/mol. The molecule has 0 amide bonds. The lowest BCUT2D eigenvalue weighted by Crippen LogP contribution is -2.07. The molecule has 2 aliphatic rings. The van der Waals surface area contributed by atoms with E-state index >= 15 is 0 Å². The number of ether oxygens (including phenoxy) is 1. The zero-order valence-corrected chi connectivity index (χ0v) is 7.34. The van der Waals surface area contributed by atoms with Gasteiger partial charge in [0.15, 0.2) is 0 Å². The molecule has 0 aromatic heterocycles. The van der Waals surface area contributed by atoms with E-state index in [-0.39, 0.29) is 6.10 Å². The molecule has 0 aromatic carbocycles. The molecular weight excluding hydrogens is 152 g/mol. The lowest BCUT2D eigenvalue weighted by atomic mass is 9.98. The van der Waals surface area contributed by atoms with Crippen molar-refractivity contribution in [3.8, 4) is 0 Å². The SMILES string of the molecule is COC1=CCCC2=C1CCC2O. The summed E-state index contributed by atoms with van der Waals surface area (Å²) < 4.78 is 5.25. The number of methoxy groups -OCH3 is 1. The third-order valence-electron chi connectivity index (χ3n) is 2.72. The number of rotatable bonds is 1. The van der Waals surface area contributed by atoms with E-state index in [4.69, 9.17) is 4.74 Å². The summed E-state index contributed by atoms with van der Waals surface area (Å²) in [6.07, 6.45) is 5.82. The Balaban J connectivity index is 2.30. The molecule has 0 saturated heterocycles. The fourth-order valence-corrected chi connectivity index (χ4v) is 2.10. The lowest BCUT2D eigenvalue weighted by molar-refractivity contribution is 0.208. The number of hydrogen-bond acceptors (Lipinski definition) is 2. The molecule has 1 atom stereocenters. The molecule has 2 nitrogen and oxygen atoms in total. The minimum Gasteiger partial charge on any atom is -0.497 e. The molecule has 0 fully saturated rings. The Hall–Kier alpha value is -0.760. The van der Waals surface area contributed by atoms with Gasteiger partial charge in [0.25, 0.3) is 0 Å². The highest BCUT2D eigenvalue weighted by atomic mass is 16.5. The smallest absolute Gasteiger partial charge is 0.118 e. The number of aliphatic hydroxyl groups is 1. The van der Waals surface area contributed by atoms with Crippen molar-refractivity contribution in [2.45, 2.75) is 31.8 Å². The van der Waals surface area contributed by atoms with Gasteiger partial charge in [0.2, 0.25) is 0 Å². The largest absolute Gasteiger partial charge is 0.497 e. The van der Waals surface area contributed by atoms with Gasteiger partial charge in [-0.1, -0.05) is 0 Å². The first kappa shape index (κ1) is 7.87. The van der Waals surface area contributed by atoms with Crippen LogP contribution < -0.4 is 0 Å². The Morgan fingerprint density at radius 2 is 2.33 bits per heavy atom. The van der Waals surface area contributed by atoms with Gasteiger partial charge in [-0.15, -0.1) is 0 Å². The summed E-state index contributed by atoms with van der Waals surface area (Å²) >= 11 is 0. The minimum atomic E-state index is -0.196. The third kappa shape index (κ3) is 1.07. The summed E-state index contributed by atoms with van der Waals surface area (Å²) in [5, 5.41) is 9.60. The van der Waals surface area contributed by atoms with Gasteiger partial charge in [0.1, 0.15) is 5.76 Å². The average molecular weight is 166 g/mol. The predicted octanol–water partition coefficient (Wildman–Crippen LogP) is 1.76. The maximum Gasteiger partial charge on any atom is 0.118 e. The molecule has 0 radical (unpaired) electrons. The number of aliphatic hydroxyl groups excluding tert-OH is 1. The second-order valence-corrected chi connectivity index (χ2v) is 3.37. The Labute approximate surface area is 72.5 Å². The molecule has 2 rings (SSSR count). The van der Waals surface area contributed by atoms with E-state index in [1.165, 1.54) is 11.1 Å². The first-order chi connectivity index (χ1) is 5.83. The van der Waals surface area contributed by atoms with E-state index in [9.17, 15) is 5.11 Å². The van der Waals surface area contributed by atoms with Crippen molar-refractivity contribution in [2.24, 2.45) is 0 Å². The van der Waals surface area contributed by atoms with E-state index < -0.39 is 0 Å². The Morgan fingerprint density at radius 1 is 1.50 bits per heavy atom. The minimum absolute atomic E-state index is 0.196. The van der Waals surface area contributed by atoms with Crippen molar-refractivity contribution >= 4 is 0 Å². The van der Waals surface area contributed by atoms with Crippen LogP contribution in [0.3, 0.4) is 0 Å². The van der Waals surface area contributed by atoms with E-state index in [0.717, 1.165) is 31.4 Å². The molecule has 66 valence electrons. The third-order valence-corrected chi connectivity index (χ3v) is 2.72. The van der Waals surface area contributed by atoms with Gasteiger partial charge in [-0.25, -0.2) is 0 Å². The molecule has 1 N–H and O–H groups in total. The van der Waals surface area contributed by atoms with Crippen LogP contribution in [-0.4, -0.2) is 18.3 Å². The quantitative estimate of drug-likeness (QED) is 0.643. The van der Waals surface area contributed by atoms with Gasteiger partial charge < -0.3 is 9.84 Å². The van der Waals surface area contributed by atoms with E-state index in [1.54, 1.807) is 7.11 Å². The van der Waals surface area contributed by atoms with Crippen LogP contribution in [0.1, 0.15) is 25.7 Å². The van der Waals surface area contributed by atoms with Crippen molar-refractivity contribution in [3.05, 3.63) is 23.0 Å². The van der Waals surface area contributed by atoms with Gasteiger partial charge in [-0.3, -0.25) is 0 Å². The summed E-state index contributed by atoms with van der Waals surface area (Å²) in [5.41, 5.74) is 2.48. The van der Waals surface area contributed by atoms with Crippen molar-refractivity contribution in [1.29, 1.82) is 0 Å². The van der Waals surface area contributed by atoms with Gasteiger partial charge in [-0.05, 0) is 42.9 Å². The molecule has 0 aromatic rings. The molecule has 0 spiro atoms. The molecule has 0 bridgehead atoms. The highest BCUT2D eigenvalue weighted by Crippen LogP contribution is 2.37. The summed E-state index contributed by atoms with van der Waals surface area (Å²) in [6.45, 7) is 0. The fraction of sp³-hybridized carbons (Fsp3) is 0.600. The highest BCUT2D eigenvalue weighted by Gasteiger charge is 2.27. The number of allylic oxidation sites excluding steroid dienone is 2. The van der Waals surface area contributed by atoms with Gasteiger partial charge in [0.05, 0.1) is 13.2 Å². The summed E-state index contributed by atoms with van der Waals surface area (Å²) in [7, 11) is 1.70. The summed E-state index contributed by atoms with van der Waals surface area (Å²) in [4.78, 5) is 0. The second-order valence-electron chi connectivity index (χ2n) is 3.37. The maximum atomic E-state index is 9.60. The van der Waals surface area contributed by atoms with Crippen molar-refractivity contribution in [3.63, 3.8) is 0 Å². The topological polar surface area (TPSA) is 29.5 Å². The van der Waals surface area contributed by atoms with Crippen LogP contribution in [0.4, 0.5) is 0 Å². The molecule has 0 saturated carbocycles. The van der Waals surface area contributed by atoms with Crippen LogP contribution in [0, 0.1) is 0 Å². The van der Waals surface area contributed by atoms with Crippen molar-refractivity contribution in [1.82, 2.24) is 0 Å². The van der Waals surface area contributed by atoms with Crippen LogP contribution in [0.2, 0.25) is 0 Å². The van der Waals surface area contributed by atoms with Crippen molar-refractivity contribution < 1.29 is 9.84 Å². The first-order valence-electron chi connectivity index (χ1n) is 4.47. The van der Waals surface area contributed by atoms with Crippen LogP contribution in [-0.2, 0) is 4.74 Å². The van der Waals surface area contributed by atoms with Crippen LogP contribution in [0.25, 0.3) is 0 Å². The normalized spacial score (nSPS) is 28.5. The molecule has 2 heteroatoms. The van der Waals surface area contributed by atoms with Gasteiger partial charge >= 0.3 is 0 Å². The Kier molecular flexibility index (Phi) is 1.93. The Bertz CT molecular complexity index is 251. The highest BCUT2D eigenvalue weighted by molar-refractivity contribution is 5.39. The number of hydrogen-bond donors (Lipinski definition) is 1. The van der Waals surface area contributed by atoms with Crippen LogP contribution >= 0.6 is 0 Å². The molecule has 12 heavy (non-hydrogen) atoms. The zero-order chi connectivity index (χ0) is 8.55.